The van der Waals surface area contributed by atoms with Gasteiger partial charge in [0.05, 0.1) is 22.8 Å². The second-order valence-electron chi connectivity index (χ2n) is 3.34. The lowest BCUT2D eigenvalue weighted by Crippen LogP contribution is -2.18. The molecule has 0 saturated heterocycles. The Morgan fingerprint density at radius 2 is 2.06 bits per heavy atom. The van der Waals surface area contributed by atoms with Crippen LogP contribution in [0.3, 0.4) is 0 Å². The van der Waals surface area contributed by atoms with Crippen molar-refractivity contribution in [1.82, 2.24) is 0 Å². The Labute approximate surface area is 104 Å². The quantitative estimate of drug-likeness (QED) is 0.839. The third-order valence-corrected chi connectivity index (χ3v) is 3.10. The van der Waals surface area contributed by atoms with Crippen LogP contribution in [0.1, 0.15) is 0 Å². The average molecular weight is 283 g/mol. The third kappa shape index (κ3) is 4.53. The molecule has 0 saturated carbocycles. The number of alkyl halides is 3. The van der Waals surface area contributed by atoms with Crippen molar-refractivity contribution >= 4 is 16.5 Å². The maximum Gasteiger partial charge on any atom is 0.411 e. The minimum Gasteiger partial charge on any atom is -0.495 e. The van der Waals surface area contributed by atoms with Crippen LogP contribution >= 0.6 is 0 Å². The molecule has 0 amide bonds. The Morgan fingerprint density at radius 1 is 1.39 bits per heavy atom. The van der Waals surface area contributed by atoms with Gasteiger partial charge in [-0.05, 0) is 12.1 Å². The number of hydrogen-bond acceptors (Lipinski definition) is 4. The molecule has 0 radical (unpaired) electrons. The van der Waals surface area contributed by atoms with Crippen molar-refractivity contribution in [3.05, 3.63) is 18.2 Å². The number of benzene rings is 1. The average Bonchev–Trinajstić information content (AvgIpc) is 2.26. The zero-order valence-corrected chi connectivity index (χ0v) is 10.3. The van der Waals surface area contributed by atoms with Crippen LogP contribution in [0.2, 0.25) is 0 Å². The molecular formula is C10H12F3NO3S. The summed E-state index contributed by atoms with van der Waals surface area (Å²) in [4.78, 5) is 0.244. The molecule has 1 rings (SSSR count). The number of hydrogen-bond donors (Lipinski definition) is 1. The lowest BCUT2D eigenvalue weighted by molar-refractivity contribution is -0.169. The van der Waals surface area contributed by atoms with Gasteiger partial charge < -0.3 is 15.2 Å². The maximum absolute atomic E-state index is 11.8. The van der Waals surface area contributed by atoms with Gasteiger partial charge in [-0.25, -0.2) is 0 Å². The summed E-state index contributed by atoms with van der Waals surface area (Å²) in [5, 5.41) is 0. The topological polar surface area (TPSA) is 61.5 Å². The van der Waals surface area contributed by atoms with Crippen LogP contribution in [0.5, 0.6) is 5.75 Å². The molecule has 1 aromatic rings. The predicted molar refractivity (Wildman–Crippen MR) is 60.7 cm³/mol. The van der Waals surface area contributed by atoms with E-state index in [4.69, 9.17) is 10.5 Å². The van der Waals surface area contributed by atoms with Crippen LogP contribution in [-0.4, -0.2) is 30.0 Å². The normalized spacial score (nSPS) is 13.3. The van der Waals surface area contributed by atoms with Crippen LogP contribution in [0.25, 0.3) is 0 Å². The van der Waals surface area contributed by atoms with E-state index in [0.29, 0.717) is 5.69 Å². The van der Waals surface area contributed by atoms with Gasteiger partial charge in [-0.3, -0.25) is 4.21 Å². The first-order valence-electron chi connectivity index (χ1n) is 4.80. The lowest BCUT2D eigenvalue weighted by Gasteiger charge is -2.10. The summed E-state index contributed by atoms with van der Waals surface area (Å²) >= 11 is 0. The standard InChI is InChI=1S/C10H12F3NO3S/c1-16-8-4-7(14)2-3-9(8)18(15)6-17-5-10(11,12)13/h2-4H,5-6,14H2,1H3. The fraction of sp³-hybridized carbons (Fsp3) is 0.400. The van der Waals surface area contributed by atoms with E-state index in [2.05, 4.69) is 4.74 Å². The van der Waals surface area contributed by atoms with E-state index in [1.165, 1.54) is 25.3 Å². The molecule has 0 aliphatic carbocycles. The molecule has 0 fully saturated rings. The zero-order chi connectivity index (χ0) is 13.8. The van der Waals surface area contributed by atoms with Crippen molar-refractivity contribution in [3.63, 3.8) is 0 Å². The Kier molecular flexibility index (Phi) is 4.97. The monoisotopic (exact) mass is 283 g/mol. The van der Waals surface area contributed by atoms with E-state index in [1.54, 1.807) is 0 Å². The summed E-state index contributed by atoms with van der Waals surface area (Å²) in [6.07, 6.45) is -4.44. The van der Waals surface area contributed by atoms with Crippen molar-refractivity contribution in [2.45, 2.75) is 11.1 Å². The van der Waals surface area contributed by atoms with Gasteiger partial charge in [0.2, 0.25) is 0 Å². The molecular weight excluding hydrogens is 271 g/mol. The SMILES string of the molecule is COc1cc(N)ccc1S(=O)COCC(F)(F)F. The Morgan fingerprint density at radius 3 is 2.61 bits per heavy atom. The lowest BCUT2D eigenvalue weighted by atomic mass is 10.3. The molecule has 1 aromatic carbocycles. The van der Waals surface area contributed by atoms with Crippen molar-refractivity contribution in [3.8, 4) is 5.75 Å². The number of ether oxygens (including phenoxy) is 2. The molecule has 0 bridgehead atoms. The summed E-state index contributed by atoms with van der Waals surface area (Å²) in [6.45, 7) is -1.43. The molecule has 0 aliphatic heterocycles. The Bertz CT molecular complexity index is 437. The summed E-state index contributed by atoms with van der Waals surface area (Å²) in [6, 6.07) is 4.36. The summed E-state index contributed by atoms with van der Waals surface area (Å²) in [7, 11) is -0.387. The fourth-order valence-corrected chi connectivity index (χ4v) is 2.12. The van der Waals surface area contributed by atoms with Crippen LogP contribution in [0.15, 0.2) is 23.1 Å². The second-order valence-corrected chi connectivity index (χ2v) is 4.70. The van der Waals surface area contributed by atoms with Gasteiger partial charge in [-0.15, -0.1) is 0 Å². The highest BCUT2D eigenvalue weighted by molar-refractivity contribution is 7.85. The first kappa shape index (κ1) is 14.8. The third-order valence-electron chi connectivity index (χ3n) is 1.89. The Balaban J connectivity index is 2.67. The van der Waals surface area contributed by atoms with E-state index in [-0.39, 0.29) is 10.6 Å². The molecule has 1 atom stereocenters. The van der Waals surface area contributed by atoms with Crippen LogP contribution < -0.4 is 10.5 Å². The predicted octanol–water partition coefficient (Wildman–Crippen LogP) is 1.92. The van der Waals surface area contributed by atoms with Crippen LogP contribution in [-0.2, 0) is 15.5 Å². The minimum atomic E-state index is -4.44. The van der Waals surface area contributed by atoms with Gasteiger partial charge in [0.15, 0.2) is 0 Å². The molecule has 0 heterocycles. The van der Waals surface area contributed by atoms with E-state index in [9.17, 15) is 17.4 Å². The van der Waals surface area contributed by atoms with E-state index in [1.807, 2.05) is 0 Å². The van der Waals surface area contributed by atoms with Crippen LogP contribution in [0.4, 0.5) is 18.9 Å². The first-order valence-corrected chi connectivity index (χ1v) is 6.12. The number of halogens is 3. The molecule has 2 N–H and O–H groups in total. The van der Waals surface area contributed by atoms with E-state index >= 15 is 0 Å². The second kappa shape index (κ2) is 6.05. The van der Waals surface area contributed by atoms with Gasteiger partial charge in [0.1, 0.15) is 18.3 Å². The van der Waals surface area contributed by atoms with Crippen LogP contribution in [0, 0.1) is 0 Å². The number of methoxy groups -OCH3 is 1. The molecule has 0 aliphatic rings. The van der Waals surface area contributed by atoms with Gasteiger partial charge in [-0.2, -0.15) is 13.2 Å². The summed E-state index contributed by atoms with van der Waals surface area (Å²) in [5.74, 6) is -0.302. The molecule has 8 heteroatoms. The smallest absolute Gasteiger partial charge is 0.411 e. The molecule has 0 aromatic heterocycles. The van der Waals surface area contributed by atoms with Gasteiger partial charge in [0, 0.05) is 11.8 Å². The summed E-state index contributed by atoms with van der Waals surface area (Å²) < 4.78 is 56.5. The van der Waals surface area contributed by atoms with Crippen molar-refractivity contribution in [2.75, 3.05) is 25.4 Å². The molecule has 0 spiro atoms. The molecule has 4 nitrogen and oxygen atoms in total. The zero-order valence-electron chi connectivity index (χ0n) is 9.49. The van der Waals surface area contributed by atoms with E-state index in [0.717, 1.165) is 0 Å². The van der Waals surface area contributed by atoms with Gasteiger partial charge in [0.25, 0.3) is 0 Å². The van der Waals surface area contributed by atoms with Gasteiger partial charge >= 0.3 is 6.18 Å². The summed E-state index contributed by atoms with van der Waals surface area (Å²) in [5.41, 5.74) is 5.91. The van der Waals surface area contributed by atoms with Crippen molar-refractivity contribution in [1.29, 1.82) is 0 Å². The number of rotatable bonds is 5. The number of nitrogen functional groups attached to an aromatic ring is 1. The highest BCUT2D eigenvalue weighted by Gasteiger charge is 2.28. The Hall–Kier alpha value is -1.28. The molecule has 18 heavy (non-hydrogen) atoms. The molecule has 1 unspecified atom stereocenters. The fourth-order valence-electron chi connectivity index (χ4n) is 1.17. The van der Waals surface area contributed by atoms with Crippen molar-refractivity contribution in [2.24, 2.45) is 0 Å². The number of anilines is 1. The molecule has 102 valence electrons. The van der Waals surface area contributed by atoms with Crippen molar-refractivity contribution < 1.29 is 26.9 Å². The largest absolute Gasteiger partial charge is 0.495 e. The van der Waals surface area contributed by atoms with E-state index < -0.39 is 29.5 Å². The number of nitrogens with two attached hydrogens (primary N) is 1. The minimum absolute atomic E-state index is 0.244. The van der Waals surface area contributed by atoms with Gasteiger partial charge in [-0.1, -0.05) is 0 Å². The highest BCUT2D eigenvalue weighted by Crippen LogP contribution is 2.25. The first-order chi connectivity index (χ1) is 8.33. The maximum atomic E-state index is 11.8. The highest BCUT2D eigenvalue weighted by atomic mass is 32.2.